The highest BCUT2D eigenvalue weighted by molar-refractivity contribution is 6.30. The van der Waals surface area contributed by atoms with Crippen LogP contribution in [0.2, 0.25) is 5.02 Å². The minimum atomic E-state index is -0.403. The number of nitrogens with one attached hydrogen (secondary N) is 1. The second kappa shape index (κ2) is 10.5. The summed E-state index contributed by atoms with van der Waals surface area (Å²) in [6.07, 6.45) is 0. The smallest absolute Gasteiger partial charge is 0.312 e. The maximum atomic E-state index is 11.0. The first kappa shape index (κ1) is 19.7. The molecule has 5 heteroatoms. The van der Waals surface area contributed by atoms with E-state index in [1.54, 1.807) is 38.1 Å². The zero-order valence-corrected chi connectivity index (χ0v) is 14.4. The average molecular weight is 316 g/mol. The van der Waals surface area contributed by atoms with E-state index in [2.05, 4.69) is 37.9 Å². The Kier molecular flexibility index (Phi) is 9.84. The largest absolute Gasteiger partial charge is 0.357 e. The van der Waals surface area contributed by atoms with Crippen molar-refractivity contribution in [3.8, 4) is 5.75 Å². The van der Waals surface area contributed by atoms with Gasteiger partial charge in [0.05, 0.1) is 5.92 Å². The molecule has 1 aromatic carbocycles. The molecule has 0 spiro atoms. The van der Waals surface area contributed by atoms with E-state index in [1.165, 1.54) is 0 Å². The van der Waals surface area contributed by atoms with Crippen molar-refractivity contribution < 1.29 is 14.6 Å². The van der Waals surface area contributed by atoms with Gasteiger partial charge in [-0.05, 0) is 24.3 Å². The van der Waals surface area contributed by atoms with Gasteiger partial charge in [0.25, 0.3) is 0 Å². The van der Waals surface area contributed by atoms with Crippen LogP contribution in [0, 0.1) is 5.92 Å². The second-order valence-corrected chi connectivity index (χ2v) is 6.01. The molecular weight excluding hydrogens is 290 g/mol. The second-order valence-electron chi connectivity index (χ2n) is 5.57. The number of carbonyl (C=O) groups is 1. The molecule has 0 aliphatic rings. The molecule has 21 heavy (non-hydrogen) atoms. The number of carbonyl (C=O) groups excluding carboxylic acids is 1. The monoisotopic (exact) mass is 315 g/mol. The number of hydrogen-bond acceptors (Lipinski definition) is 4. The molecule has 0 bridgehead atoms. The van der Waals surface area contributed by atoms with Crippen LogP contribution in [0.5, 0.6) is 5.75 Å². The van der Waals surface area contributed by atoms with Gasteiger partial charge in [-0.1, -0.05) is 53.1 Å². The molecule has 120 valence electrons. The molecule has 0 aliphatic carbocycles. The fraction of sp³-hybridized carbons (Fsp3) is 0.562. The molecule has 0 saturated carbocycles. The highest BCUT2D eigenvalue weighted by atomic mass is 35.5. The Hall–Kier alpha value is -1.26. The van der Waals surface area contributed by atoms with E-state index in [1.807, 2.05) is 0 Å². The SMILES string of the molecule is CC(C)C(=O)OOc1ccc(Cl)cc1.CC(C)NC(C)C. The molecule has 0 atom stereocenters. The molecule has 0 aromatic heterocycles. The lowest BCUT2D eigenvalue weighted by molar-refractivity contribution is -0.217. The molecule has 4 nitrogen and oxygen atoms in total. The highest BCUT2D eigenvalue weighted by Crippen LogP contribution is 2.15. The standard InChI is InChI=1S/C10H11ClO3.C6H15N/c1-7(2)10(12)14-13-9-5-3-8(11)4-6-9;1-5(2)7-6(3)4/h3-7H,1-2H3;5-7H,1-4H3. The lowest BCUT2D eigenvalue weighted by atomic mass is 10.2. The van der Waals surface area contributed by atoms with Crippen LogP contribution >= 0.6 is 11.6 Å². The highest BCUT2D eigenvalue weighted by Gasteiger charge is 2.10. The zero-order chi connectivity index (χ0) is 16.4. The van der Waals surface area contributed by atoms with Crippen LogP contribution in [0.3, 0.4) is 0 Å². The summed E-state index contributed by atoms with van der Waals surface area (Å²) < 4.78 is 0. The van der Waals surface area contributed by atoms with E-state index < -0.39 is 5.97 Å². The lowest BCUT2D eigenvalue weighted by Crippen LogP contribution is -2.29. The molecule has 1 rings (SSSR count). The van der Waals surface area contributed by atoms with Gasteiger partial charge in [0.1, 0.15) is 0 Å². The Morgan fingerprint density at radius 3 is 1.81 bits per heavy atom. The number of benzene rings is 1. The summed E-state index contributed by atoms with van der Waals surface area (Å²) in [4.78, 5) is 20.3. The minimum Gasteiger partial charge on any atom is -0.312 e. The molecule has 1 aromatic rings. The van der Waals surface area contributed by atoms with Gasteiger partial charge in [0, 0.05) is 17.1 Å². The predicted octanol–water partition coefficient (Wildman–Crippen LogP) is 4.23. The van der Waals surface area contributed by atoms with E-state index in [0.29, 0.717) is 22.9 Å². The summed E-state index contributed by atoms with van der Waals surface area (Å²) in [7, 11) is 0. The van der Waals surface area contributed by atoms with Gasteiger partial charge in [-0.15, -0.1) is 0 Å². The molecule has 0 radical (unpaired) electrons. The molecular formula is C16H26ClNO3. The van der Waals surface area contributed by atoms with Gasteiger partial charge in [0.15, 0.2) is 5.75 Å². The van der Waals surface area contributed by atoms with Crippen molar-refractivity contribution in [3.05, 3.63) is 29.3 Å². The topological polar surface area (TPSA) is 47.6 Å². The first-order chi connectivity index (χ1) is 9.72. The van der Waals surface area contributed by atoms with Crippen LogP contribution in [-0.4, -0.2) is 18.1 Å². The molecule has 0 aliphatic heterocycles. The molecule has 0 saturated heterocycles. The average Bonchev–Trinajstić information content (AvgIpc) is 2.36. The quantitative estimate of drug-likeness (QED) is 0.652. The molecule has 0 heterocycles. The van der Waals surface area contributed by atoms with Crippen LogP contribution in [0.1, 0.15) is 41.5 Å². The van der Waals surface area contributed by atoms with Gasteiger partial charge < -0.3 is 5.32 Å². The third-order valence-corrected chi connectivity index (χ3v) is 2.42. The summed E-state index contributed by atoms with van der Waals surface area (Å²) in [6, 6.07) is 7.80. The number of hydrogen-bond donors (Lipinski definition) is 1. The van der Waals surface area contributed by atoms with Crippen molar-refractivity contribution >= 4 is 17.6 Å². The summed E-state index contributed by atoms with van der Waals surface area (Å²) in [6.45, 7) is 12.1. The normalized spacial score (nSPS) is 10.4. The van der Waals surface area contributed by atoms with Crippen LogP contribution < -0.4 is 10.2 Å². The van der Waals surface area contributed by atoms with Crippen LogP contribution in [0.15, 0.2) is 24.3 Å². The Labute approximate surface area is 132 Å². The Morgan fingerprint density at radius 1 is 1.00 bits per heavy atom. The summed E-state index contributed by atoms with van der Waals surface area (Å²) in [5, 5.41) is 3.91. The molecule has 0 fully saturated rings. The molecule has 1 N–H and O–H groups in total. The minimum absolute atomic E-state index is 0.206. The first-order valence-corrected chi connectivity index (χ1v) is 7.50. The zero-order valence-electron chi connectivity index (χ0n) is 13.6. The van der Waals surface area contributed by atoms with Crippen molar-refractivity contribution in [1.82, 2.24) is 5.32 Å². The van der Waals surface area contributed by atoms with E-state index >= 15 is 0 Å². The van der Waals surface area contributed by atoms with Gasteiger partial charge in [-0.3, -0.25) is 9.78 Å². The number of rotatable bonds is 5. The van der Waals surface area contributed by atoms with E-state index in [9.17, 15) is 4.79 Å². The fourth-order valence-corrected chi connectivity index (χ4v) is 1.47. The van der Waals surface area contributed by atoms with Gasteiger partial charge in [-0.2, -0.15) is 0 Å². The fourth-order valence-electron chi connectivity index (χ4n) is 1.34. The van der Waals surface area contributed by atoms with Crippen molar-refractivity contribution in [2.45, 2.75) is 53.6 Å². The predicted molar refractivity (Wildman–Crippen MR) is 86.4 cm³/mol. The van der Waals surface area contributed by atoms with E-state index in [-0.39, 0.29) is 5.92 Å². The van der Waals surface area contributed by atoms with Crippen molar-refractivity contribution in [3.63, 3.8) is 0 Å². The third kappa shape index (κ3) is 11.1. The van der Waals surface area contributed by atoms with Crippen molar-refractivity contribution in [2.24, 2.45) is 5.92 Å². The summed E-state index contributed by atoms with van der Waals surface area (Å²) >= 11 is 5.66. The summed E-state index contributed by atoms with van der Waals surface area (Å²) in [5.41, 5.74) is 0. The molecule has 0 unspecified atom stereocenters. The Bertz CT molecular complexity index is 396. The van der Waals surface area contributed by atoms with Crippen LogP contribution in [0.4, 0.5) is 0 Å². The van der Waals surface area contributed by atoms with Gasteiger partial charge in [0.2, 0.25) is 0 Å². The van der Waals surface area contributed by atoms with Gasteiger partial charge >= 0.3 is 5.97 Å². The maximum absolute atomic E-state index is 11.0. The summed E-state index contributed by atoms with van der Waals surface area (Å²) in [5.74, 6) is -0.161. The van der Waals surface area contributed by atoms with Crippen LogP contribution in [-0.2, 0) is 9.68 Å². The first-order valence-electron chi connectivity index (χ1n) is 7.12. The van der Waals surface area contributed by atoms with Crippen molar-refractivity contribution in [1.29, 1.82) is 0 Å². The van der Waals surface area contributed by atoms with Gasteiger partial charge in [-0.25, -0.2) is 4.79 Å². The maximum Gasteiger partial charge on any atom is 0.357 e. The molecule has 0 amide bonds. The van der Waals surface area contributed by atoms with E-state index in [4.69, 9.17) is 16.5 Å². The third-order valence-electron chi connectivity index (χ3n) is 2.17. The number of halogens is 1. The lowest BCUT2D eigenvalue weighted by Gasteiger charge is -2.10. The van der Waals surface area contributed by atoms with Crippen molar-refractivity contribution in [2.75, 3.05) is 0 Å². The Morgan fingerprint density at radius 2 is 1.48 bits per heavy atom. The van der Waals surface area contributed by atoms with E-state index in [0.717, 1.165) is 0 Å². The van der Waals surface area contributed by atoms with Crippen LogP contribution in [0.25, 0.3) is 0 Å². The Balaban J connectivity index is 0.000000486.